The van der Waals surface area contributed by atoms with Gasteiger partial charge in [-0.05, 0) is 43.2 Å². The lowest BCUT2D eigenvalue weighted by atomic mass is 9.87. The van der Waals surface area contributed by atoms with Crippen LogP contribution in [0.4, 0.5) is 0 Å². The molecule has 1 fully saturated rings. The van der Waals surface area contributed by atoms with Gasteiger partial charge in [0.2, 0.25) is 0 Å². The van der Waals surface area contributed by atoms with E-state index >= 15 is 0 Å². The van der Waals surface area contributed by atoms with Crippen molar-refractivity contribution in [2.75, 3.05) is 0 Å². The van der Waals surface area contributed by atoms with Gasteiger partial charge in [-0.15, -0.1) is 0 Å². The maximum Gasteiger partial charge on any atom is 0.145 e. The van der Waals surface area contributed by atoms with Crippen LogP contribution < -0.4 is 0 Å². The van der Waals surface area contributed by atoms with Crippen LogP contribution in [-0.2, 0) is 4.79 Å². The van der Waals surface area contributed by atoms with E-state index in [2.05, 4.69) is 38.7 Å². The lowest BCUT2D eigenvalue weighted by Crippen LogP contribution is -2.20. The average Bonchev–Trinajstić information content (AvgIpc) is 2.25. The van der Waals surface area contributed by atoms with Crippen LogP contribution in [0, 0.1) is 5.92 Å². The Bertz CT molecular complexity index is 310. The fourth-order valence-electron chi connectivity index (χ4n) is 2.28. The Hall–Kier alpha value is -0.633. The lowest BCUT2D eigenvalue weighted by Gasteiger charge is -2.20. The molecule has 0 atom stereocenters. The van der Waals surface area contributed by atoms with Gasteiger partial charge in [0, 0.05) is 8.07 Å². The number of carbonyl (C=O) groups excluding carboxylic acids is 1. The smallest absolute Gasteiger partial charge is 0.145 e. The van der Waals surface area contributed by atoms with Gasteiger partial charge in [-0.1, -0.05) is 44.3 Å². The average molecular weight is 250 g/mol. The van der Waals surface area contributed by atoms with Crippen LogP contribution in [0.3, 0.4) is 0 Å². The first-order chi connectivity index (χ1) is 7.90. The highest BCUT2D eigenvalue weighted by atomic mass is 28.3. The Balaban J connectivity index is 2.60. The first-order valence-corrected chi connectivity index (χ1v) is 10.5. The fourth-order valence-corrected chi connectivity index (χ4v) is 3.70. The zero-order valence-electron chi connectivity index (χ0n) is 11.8. The molecule has 96 valence electrons. The topological polar surface area (TPSA) is 17.1 Å². The van der Waals surface area contributed by atoms with Gasteiger partial charge in [0.15, 0.2) is 0 Å². The second-order valence-corrected chi connectivity index (χ2v) is 12.1. The molecule has 0 amide bonds. The minimum absolute atomic E-state index is 0.878. The van der Waals surface area contributed by atoms with Crippen molar-refractivity contribution in [3.05, 3.63) is 23.3 Å². The Morgan fingerprint density at radius 1 is 1.29 bits per heavy atom. The van der Waals surface area contributed by atoms with Gasteiger partial charge in [-0.3, -0.25) is 4.79 Å². The highest BCUT2D eigenvalue weighted by molar-refractivity contribution is 6.76. The summed E-state index contributed by atoms with van der Waals surface area (Å²) in [5.74, 6) is 0.878. The van der Waals surface area contributed by atoms with Crippen molar-refractivity contribution < 1.29 is 4.79 Å². The summed E-state index contributed by atoms with van der Waals surface area (Å²) >= 11 is 0. The molecule has 0 radical (unpaired) electrons. The number of allylic oxidation sites excluding steroid dienone is 4. The van der Waals surface area contributed by atoms with Crippen molar-refractivity contribution in [1.29, 1.82) is 0 Å². The molecule has 0 aliphatic heterocycles. The zero-order chi connectivity index (χ0) is 12.9. The molecule has 0 heterocycles. The molecule has 0 aromatic carbocycles. The SMILES string of the molecule is CC1CCC(=C/C=C(\C=O)C[Si](C)(C)C)CC1. The Kier molecular flexibility index (Phi) is 5.38. The number of hydrogen-bond acceptors (Lipinski definition) is 1. The molecule has 0 N–H and O–H groups in total. The van der Waals surface area contributed by atoms with E-state index in [1.54, 1.807) is 0 Å². The van der Waals surface area contributed by atoms with Crippen molar-refractivity contribution in [1.82, 2.24) is 0 Å². The van der Waals surface area contributed by atoms with Crippen LogP contribution in [0.25, 0.3) is 0 Å². The van der Waals surface area contributed by atoms with Gasteiger partial charge in [0.05, 0.1) is 0 Å². The number of carbonyl (C=O) groups is 1. The summed E-state index contributed by atoms with van der Waals surface area (Å²) in [7, 11) is -1.17. The van der Waals surface area contributed by atoms with Crippen molar-refractivity contribution >= 4 is 14.4 Å². The first-order valence-electron chi connectivity index (χ1n) is 6.74. The van der Waals surface area contributed by atoms with Crippen molar-refractivity contribution in [3.63, 3.8) is 0 Å². The first kappa shape index (κ1) is 14.4. The molecular formula is C15H26OSi. The quantitative estimate of drug-likeness (QED) is 0.405. The van der Waals surface area contributed by atoms with Crippen molar-refractivity contribution in [2.45, 2.75) is 58.3 Å². The van der Waals surface area contributed by atoms with Crippen LogP contribution >= 0.6 is 0 Å². The van der Waals surface area contributed by atoms with Crippen LogP contribution in [0.2, 0.25) is 25.7 Å². The van der Waals surface area contributed by atoms with Crippen LogP contribution in [-0.4, -0.2) is 14.4 Å². The molecule has 1 nitrogen and oxygen atoms in total. The predicted octanol–water partition coefficient (Wildman–Crippen LogP) is 4.59. The van der Waals surface area contributed by atoms with Crippen LogP contribution in [0.5, 0.6) is 0 Å². The lowest BCUT2D eigenvalue weighted by molar-refractivity contribution is -0.104. The van der Waals surface area contributed by atoms with E-state index < -0.39 is 8.07 Å². The Morgan fingerprint density at radius 3 is 2.35 bits per heavy atom. The summed E-state index contributed by atoms with van der Waals surface area (Å²) in [6, 6.07) is 0.997. The van der Waals surface area contributed by atoms with E-state index in [0.717, 1.165) is 23.8 Å². The monoisotopic (exact) mass is 250 g/mol. The third kappa shape index (κ3) is 6.01. The molecule has 17 heavy (non-hydrogen) atoms. The van der Waals surface area contributed by atoms with E-state index in [4.69, 9.17) is 0 Å². The molecule has 2 heteroatoms. The van der Waals surface area contributed by atoms with Gasteiger partial charge >= 0.3 is 0 Å². The van der Waals surface area contributed by atoms with E-state index in [9.17, 15) is 4.79 Å². The largest absolute Gasteiger partial charge is 0.298 e. The van der Waals surface area contributed by atoms with Gasteiger partial charge in [-0.2, -0.15) is 0 Å². The minimum Gasteiger partial charge on any atom is -0.298 e. The maximum absolute atomic E-state index is 11.0. The van der Waals surface area contributed by atoms with Crippen LogP contribution in [0.15, 0.2) is 23.3 Å². The second kappa shape index (κ2) is 6.34. The summed E-state index contributed by atoms with van der Waals surface area (Å²) in [5, 5.41) is 0. The molecule has 0 aromatic rings. The molecule has 0 bridgehead atoms. The molecule has 0 aromatic heterocycles. The summed E-state index contributed by atoms with van der Waals surface area (Å²) in [6.07, 6.45) is 10.4. The van der Waals surface area contributed by atoms with Crippen LogP contribution in [0.1, 0.15) is 32.6 Å². The van der Waals surface area contributed by atoms with Gasteiger partial charge in [-0.25, -0.2) is 0 Å². The molecule has 0 unspecified atom stereocenters. The summed E-state index contributed by atoms with van der Waals surface area (Å²) in [6.45, 7) is 9.24. The maximum atomic E-state index is 11.0. The fraction of sp³-hybridized carbons (Fsp3) is 0.667. The van der Waals surface area contributed by atoms with E-state index in [1.165, 1.54) is 31.3 Å². The highest BCUT2D eigenvalue weighted by Gasteiger charge is 2.15. The zero-order valence-corrected chi connectivity index (χ0v) is 12.8. The van der Waals surface area contributed by atoms with Gasteiger partial charge in [0.25, 0.3) is 0 Å². The van der Waals surface area contributed by atoms with Crippen molar-refractivity contribution in [3.8, 4) is 0 Å². The summed E-state index contributed by atoms with van der Waals surface area (Å²) in [4.78, 5) is 11.0. The molecule has 0 spiro atoms. The third-order valence-electron chi connectivity index (χ3n) is 3.34. The molecular weight excluding hydrogens is 224 g/mol. The molecule has 0 saturated heterocycles. The summed E-state index contributed by atoms with van der Waals surface area (Å²) in [5.41, 5.74) is 2.51. The predicted molar refractivity (Wildman–Crippen MR) is 78.0 cm³/mol. The van der Waals surface area contributed by atoms with E-state index in [1.807, 2.05) is 0 Å². The highest BCUT2D eigenvalue weighted by Crippen LogP contribution is 2.27. The number of rotatable bonds is 4. The van der Waals surface area contributed by atoms with Crippen molar-refractivity contribution in [2.24, 2.45) is 5.92 Å². The molecule has 1 aliphatic carbocycles. The van der Waals surface area contributed by atoms with Gasteiger partial charge in [0.1, 0.15) is 6.29 Å². The minimum atomic E-state index is -1.17. The molecule has 1 rings (SSSR count). The number of aldehydes is 1. The Morgan fingerprint density at radius 2 is 1.88 bits per heavy atom. The summed E-state index contributed by atoms with van der Waals surface area (Å²) < 4.78 is 0. The third-order valence-corrected chi connectivity index (χ3v) is 4.80. The Labute approximate surface area is 107 Å². The number of hydrogen-bond donors (Lipinski definition) is 0. The van der Waals surface area contributed by atoms with E-state index in [0.29, 0.717) is 0 Å². The second-order valence-electron chi connectivity index (χ2n) is 6.60. The van der Waals surface area contributed by atoms with E-state index in [-0.39, 0.29) is 0 Å². The molecule has 1 aliphatic rings. The standard InChI is InChI=1S/C15H26OSi/c1-13-5-7-14(8-6-13)9-10-15(11-16)12-17(2,3)4/h9-11,13H,5-8,12H2,1-4H3/b14-9?,15-10+. The molecule has 1 saturated carbocycles. The van der Waals surface area contributed by atoms with Gasteiger partial charge < -0.3 is 0 Å². The normalized spacial score (nSPS) is 22.5.